The van der Waals surface area contributed by atoms with Gasteiger partial charge in [0.05, 0.1) is 11.4 Å². The zero-order chi connectivity index (χ0) is 14.5. The lowest BCUT2D eigenvalue weighted by Crippen LogP contribution is -2.34. The van der Waals surface area contributed by atoms with Gasteiger partial charge in [0.25, 0.3) is 0 Å². The molecule has 2 aliphatic rings. The van der Waals surface area contributed by atoms with E-state index in [1.807, 2.05) is 0 Å². The molecule has 0 radical (unpaired) electrons. The normalized spacial score (nSPS) is 15.2. The Balaban J connectivity index is 1.73. The Hall–Kier alpha value is -2.59. The average molecular weight is 303 g/mol. The first-order valence-electron chi connectivity index (χ1n) is 7.26. The van der Waals surface area contributed by atoms with Gasteiger partial charge in [-0.25, -0.2) is 5.01 Å². The van der Waals surface area contributed by atoms with E-state index in [4.69, 9.17) is 5.10 Å². The van der Waals surface area contributed by atoms with Crippen molar-refractivity contribution in [2.24, 2.45) is 5.10 Å². The fourth-order valence-electron chi connectivity index (χ4n) is 3.18. The molecule has 3 aromatic rings. The summed E-state index contributed by atoms with van der Waals surface area (Å²) in [5.74, 6) is 1.04. The third kappa shape index (κ3) is 1.58. The highest BCUT2D eigenvalue weighted by molar-refractivity contribution is 7.08. The van der Waals surface area contributed by atoms with Crippen LogP contribution >= 0.6 is 11.3 Å². The van der Waals surface area contributed by atoms with Crippen LogP contribution < -0.4 is 9.91 Å². The summed E-state index contributed by atoms with van der Waals surface area (Å²) in [6, 6.07) is 19.2. The van der Waals surface area contributed by atoms with E-state index in [1.165, 1.54) is 22.4 Å². The number of amidine groups is 1. The van der Waals surface area contributed by atoms with E-state index in [9.17, 15) is 0 Å². The maximum atomic E-state index is 4.88. The van der Waals surface area contributed by atoms with Crippen LogP contribution in [-0.4, -0.2) is 12.5 Å². The Morgan fingerprint density at radius 3 is 2.45 bits per heavy atom. The van der Waals surface area contributed by atoms with Crippen molar-refractivity contribution in [2.75, 3.05) is 16.6 Å². The monoisotopic (exact) mass is 303 g/mol. The quantitative estimate of drug-likeness (QED) is 0.664. The number of para-hydroxylation sites is 1. The standard InChI is InChI=1S/C18H13N3S/c1-2-7-16-14(5-1)15-6-3-4-8-17(15)20-12-21(19-18(16)20)13-9-10-22-11-13/h1-11H,12H2. The van der Waals surface area contributed by atoms with Crippen LogP contribution in [0.5, 0.6) is 0 Å². The van der Waals surface area contributed by atoms with Crippen LogP contribution in [0.2, 0.25) is 0 Å². The highest BCUT2D eigenvalue weighted by Gasteiger charge is 2.33. The Labute approximate surface area is 132 Å². The molecule has 0 unspecified atom stereocenters. The highest BCUT2D eigenvalue weighted by atomic mass is 32.1. The maximum Gasteiger partial charge on any atom is 0.163 e. The van der Waals surface area contributed by atoms with Gasteiger partial charge < -0.3 is 4.90 Å². The first kappa shape index (κ1) is 12.0. The minimum atomic E-state index is 0.761. The fourth-order valence-corrected chi connectivity index (χ4v) is 3.82. The molecule has 0 N–H and O–H groups in total. The predicted molar refractivity (Wildman–Crippen MR) is 92.6 cm³/mol. The Morgan fingerprint density at radius 2 is 1.64 bits per heavy atom. The third-order valence-corrected chi connectivity index (χ3v) is 4.87. The topological polar surface area (TPSA) is 18.8 Å². The van der Waals surface area contributed by atoms with E-state index in [0.717, 1.165) is 18.2 Å². The van der Waals surface area contributed by atoms with Gasteiger partial charge in [0, 0.05) is 16.5 Å². The van der Waals surface area contributed by atoms with Crippen LogP contribution in [-0.2, 0) is 0 Å². The SMILES string of the molecule is c1ccc2c(c1)C1=NN(c3ccsc3)CN1c1ccccc1-2. The highest BCUT2D eigenvalue weighted by Crippen LogP contribution is 2.41. The summed E-state index contributed by atoms with van der Waals surface area (Å²) in [5.41, 5.74) is 6.14. The number of anilines is 2. The molecule has 1 aromatic heterocycles. The van der Waals surface area contributed by atoms with E-state index in [2.05, 4.69) is 75.3 Å². The molecule has 3 heterocycles. The van der Waals surface area contributed by atoms with Gasteiger partial charge in [-0.05, 0) is 23.1 Å². The summed E-state index contributed by atoms with van der Waals surface area (Å²) < 4.78 is 0. The number of benzene rings is 2. The van der Waals surface area contributed by atoms with Gasteiger partial charge >= 0.3 is 0 Å². The zero-order valence-electron chi connectivity index (χ0n) is 11.8. The van der Waals surface area contributed by atoms with E-state index in [1.54, 1.807) is 11.3 Å². The second kappa shape index (κ2) is 4.45. The number of hydrogen-bond acceptors (Lipinski definition) is 4. The number of hydrogen-bond donors (Lipinski definition) is 0. The van der Waals surface area contributed by atoms with Crippen molar-refractivity contribution >= 4 is 28.5 Å². The number of fused-ring (bicyclic) bond motifs is 6. The molecule has 0 aliphatic carbocycles. The number of thiophene rings is 1. The molecule has 3 nitrogen and oxygen atoms in total. The van der Waals surface area contributed by atoms with Crippen LogP contribution in [0.1, 0.15) is 5.56 Å². The van der Waals surface area contributed by atoms with Gasteiger partial charge in [0.1, 0.15) is 6.67 Å². The molecule has 2 aliphatic heterocycles. The molecule has 0 atom stereocenters. The molecule has 0 bridgehead atoms. The van der Waals surface area contributed by atoms with Crippen molar-refractivity contribution in [3.63, 3.8) is 0 Å². The molecular weight excluding hydrogens is 290 g/mol. The molecule has 0 spiro atoms. The van der Waals surface area contributed by atoms with Crippen molar-refractivity contribution in [2.45, 2.75) is 0 Å². The minimum absolute atomic E-state index is 0.761. The van der Waals surface area contributed by atoms with Gasteiger partial charge in [-0.1, -0.05) is 42.5 Å². The van der Waals surface area contributed by atoms with Gasteiger partial charge in [0.2, 0.25) is 0 Å². The molecule has 106 valence electrons. The van der Waals surface area contributed by atoms with Crippen LogP contribution in [0, 0.1) is 0 Å². The van der Waals surface area contributed by atoms with Crippen molar-refractivity contribution < 1.29 is 0 Å². The van der Waals surface area contributed by atoms with Crippen molar-refractivity contribution in [1.82, 2.24) is 0 Å². The van der Waals surface area contributed by atoms with E-state index >= 15 is 0 Å². The summed E-state index contributed by atoms with van der Waals surface area (Å²) >= 11 is 1.70. The van der Waals surface area contributed by atoms with Crippen molar-refractivity contribution in [3.8, 4) is 11.1 Å². The number of nitrogens with zero attached hydrogens (tertiary/aromatic N) is 3. The maximum absolute atomic E-state index is 4.88. The zero-order valence-corrected chi connectivity index (χ0v) is 12.6. The molecule has 4 heteroatoms. The Bertz CT molecular complexity index is 883. The second-order valence-corrected chi connectivity index (χ2v) is 6.22. The summed E-state index contributed by atoms with van der Waals surface area (Å²) in [6.45, 7) is 0.761. The van der Waals surface area contributed by atoms with E-state index < -0.39 is 0 Å². The van der Waals surface area contributed by atoms with Crippen molar-refractivity contribution in [1.29, 1.82) is 0 Å². The van der Waals surface area contributed by atoms with Gasteiger partial charge in [-0.15, -0.1) is 0 Å². The van der Waals surface area contributed by atoms with Crippen LogP contribution in [0.15, 0.2) is 70.5 Å². The average Bonchev–Trinajstić information content (AvgIpc) is 3.24. The fraction of sp³-hybridized carbons (Fsp3) is 0.0556. The van der Waals surface area contributed by atoms with Crippen molar-refractivity contribution in [3.05, 3.63) is 70.9 Å². The Kier molecular flexibility index (Phi) is 2.43. The largest absolute Gasteiger partial charge is 0.304 e. The van der Waals surface area contributed by atoms with Gasteiger partial charge in [-0.2, -0.15) is 16.4 Å². The van der Waals surface area contributed by atoms with E-state index in [-0.39, 0.29) is 0 Å². The van der Waals surface area contributed by atoms with Crippen LogP contribution in [0.25, 0.3) is 11.1 Å². The lowest BCUT2D eigenvalue weighted by Gasteiger charge is -2.29. The molecule has 2 aromatic carbocycles. The van der Waals surface area contributed by atoms with Crippen LogP contribution in [0.4, 0.5) is 11.4 Å². The predicted octanol–water partition coefficient (Wildman–Crippen LogP) is 4.37. The van der Waals surface area contributed by atoms with Crippen LogP contribution in [0.3, 0.4) is 0 Å². The Morgan fingerprint density at radius 1 is 0.864 bits per heavy atom. The first-order valence-corrected chi connectivity index (χ1v) is 8.21. The number of hydrazone groups is 1. The van der Waals surface area contributed by atoms with Gasteiger partial charge in [-0.3, -0.25) is 0 Å². The second-order valence-electron chi connectivity index (χ2n) is 5.44. The summed E-state index contributed by atoms with van der Waals surface area (Å²) in [6.07, 6.45) is 0. The van der Waals surface area contributed by atoms with Gasteiger partial charge in [0.15, 0.2) is 5.84 Å². The first-order chi connectivity index (χ1) is 10.9. The summed E-state index contributed by atoms with van der Waals surface area (Å²) in [5, 5.41) is 11.2. The molecule has 0 amide bonds. The summed E-state index contributed by atoms with van der Waals surface area (Å²) in [4.78, 5) is 2.30. The molecular formula is C18H13N3S. The lowest BCUT2D eigenvalue weighted by atomic mass is 9.93. The summed E-state index contributed by atoms with van der Waals surface area (Å²) in [7, 11) is 0. The number of rotatable bonds is 1. The minimum Gasteiger partial charge on any atom is -0.304 e. The molecule has 22 heavy (non-hydrogen) atoms. The lowest BCUT2D eigenvalue weighted by molar-refractivity contribution is 0.915. The molecule has 0 saturated carbocycles. The third-order valence-electron chi connectivity index (χ3n) is 4.20. The molecule has 0 fully saturated rings. The molecule has 5 rings (SSSR count). The van der Waals surface area contributed by atoms with E-state index in [0.29, 0.717) is 0 Å². The molecule has 0 saturated heterocycles. The smallest absolute Gasteiger partial charge is 0.163 e.